The molecule has 1 aromatic carbocycles. The Balaban J connectivity index is 1.55. The van der Waals surface area contributed by atoms with Crippen molar-refractivity contribution in [1.82, 2.24) is 29.5 Å². The standard InChI is InChI=1S/C20H23N7O/c1-20(2,3)27-17-16(12-23-27)18(28)25-19(24-17)21-11-14-6-4-7-15(10-14)13-26-9-5-8-22-26/h4-10,12H,11,13H2,1-3H3,(H2,21,24,25,28). The lowest BCUT2D eigenvalue weighted by Gasteiger charge is -2.19. The quantitative estimate of drug-likeness (QED) is 0.558. The summed E-state index contributed by atoms with van der Waals surface area (Å²) in [5.41, 5.74) is 2.37. The molecule has 0 aliphatic heterocycles. The van der Waals surface area contributed by atoms with Crippen molar-refractivity contribution in [2.24, 2.45) is 0 Å². The molecule has 28 heavy (non-hydrogen) atoms. The molecule has 0 amide bonds. The fourth-order valence-corrected chi connectivity index (χ4v) is 3.10. The molecule has 0 saturated carbocycles. The van der Waals surface area contributed by atoms with Crippen LogP contribution in [0.4, 0.5) is 5.95 Å². The zero-order valence-electron chi connectivity index (χ0n) is 16.2. The second-order valence-electron chi connectivity index (χ2n) is 7.76. The normalized spacial score (nSPS) is 11.8. The highest BCUT2D eigenvalue weighted by Crippen LogP contribution is 2.19. The van der Waals surface area contributed by atoms with Crippen LogP contribution in [0.25, 0.3) is 11.0 Å². The van der Waals surface area contributed by atoms with Gasteiger partial charge in [0.15, 0.2) is 5.65 Å². The number of H-pyrrole nitrogens is 1. The number of hydrogen-bond acceptors (Lipinski definition) is 5. The monoisotopic (exact) mass is 377 g/mol. The number of nitrogens with zero attached hydrogens (tertiary/aromatic N) is 5. The van der Waals surface area contributed by atoms with Crippen molar-refractivity contribution in [3.05, 3.63) is 70.4 Å². The van der Waals surface area contributed by atoms with E-state index in [1.807, 2.05) is 49.8 Å². The Kier molecular flexibility index (Phi) is 4.46. The molecule has 0 saturated heterocycles. The first kappa shape index (κ1) is 18.0. The minimum Gasteiger partial charge on any atom is -0.352 e. The molecule has 3 heterocycles. The lowest BCUT2D eigenvalue weighted by Crippen LogP contribution is -2.24. The van der Waals surface area contributed by atoms with Crippen molar-refractivity contribution >= 4 is 17.0 Å². The highest BCUT2D eigenvalue weighted by molar-refractivity contribution is 5.74. The SMILES string of the molecule is CC(C)(C)n1ncc2c(=O)[nH]c(NCc3cccc(Cn4cccn4)c3)nc21. The number of anilines is 1. The van der Waals surface area contributed by atoms with Gasteiger partial charge in [-0.3, -0.25) is 14.5 Å². The maximum absolute atomic E-state index is 12.4. The molecular formula is C20H23N7O. The topological polar surface area (TPSA) is 93.4 Å². The van der Waals surface area contributed by atoms with Crippen LogP contribution in [0.15, 0.2) is 53.7 Å². The van der Waals surface area contributed by atoms with Crippen molar-refractivity contribution in [2.75, 3.05) is 5.32 Å². The molecule has 2 N–H and O–H groups in total. The van der Waals surface area contributed by atoms with E-state index < -0.39 is 0 Å². The molecular weight excluding hydrogens is 354 g/mol. The lowest BCUT2D eigenvalue weighted by molar-refractivity contribution is 0.366. The maximum atomic E-state index is 12.4. The molecule has 0 atom stereocenters. The van der Waals surface area contributed by atoms with Crippen LogP contribution in [-0.4, -0.2) is 29.5 Å². The van der Waals surface area contributed by atoms with E-state index in [1.54, 1.807) is 17.1 Å². The Hall–Kier alpha value is -3.42. The van der Waals surface area contributed by atoms with E-state index in [-0.39, 0.29) is 11.1 Å². The molecule has 8 heteroatoms. The van der Waals surface area contributed by atoms with Gasteiger partial charge in [0, 0.05) is 18.9 Å². The fourth-order valence-electron chi connectivity index (χ4n) is 3.10. The largest absolute Gasteiger partial charge is 0.352 e. The van der Waals surface area contributed by atoms with E-state index in [2.05, 4.69) is 37.6 Å². The smallest absolute Gasteiger partial charge is 0.263 e. The summed E-state index contributed by atoms with van der Waals surface area (Å²) < 4.78 is 3.65. The molecule has 0 bridgehead atoms. The second kappa shape index (κ2) is 6.95. The molecule has 0 unspecified atom stereocenters. The predicted molar refractivity (Wildman–Crippen MR) is 108 cm³/mol. The van der Waals surface area contributed by atoms with Crippen LogP contribution in [-0.2, 0) is 18.6 Å². The summed E-state index contributed by atoms with van der Waals surface area (Å²) in [5, 5.41) is 12.3. The van der Waals surface area contributed by atoms with Crippen molar-refractivity contribution in [2.45, 2.75) is 39.4 Å². The van der Waals surface area contributed by atoms with E-state index in [1.165, 1.54) is 0 Å². The minimum absolute atomic E-state index is 0.199. The average Bonchev–Trinajstić information content (AvgIpc) is 3.29. The number of aromatic nitrogens is 6. The van der Waals surface area contributed by atoms with Gasteiger partial charge < -0.3 is 5.32 Å². The Morgan fingerprint density at radius 3 is 2.71 bits per heavy atom. The number of nitrogens with one attached hydrogen (secondary N) is 2. The Morgan fingerprint density at radius 2 is 1.96 bits per heavy atom. The number of hydrogen-bond donors (Lipinski definition) is 2. The van der Waals surface area contributed by atoms with Gasteiger partial charge in [0.1, 0.15) is 5.39 Å². The highest BCUT2D eigenvalue weighted by Gasteiger charge is 2.19. The minimum atomic E-state index is -0.263. The van der Waals surface area contributed by atoms with Crippen LogP contribution in [0.1, 0.15) is 31.9 Å². The molecule has 0 spiro atoms. The van der Waals surface area contributed by atoms with Gasteiger partial charge in [-0.05, 0) is 38.0 Å². The summed E-state index contributed by atoms with van der Waals surface area (Å²) in [4.78, 5) is 19.8. The van der Waals surface area contributed by atoms with Gasteiger partial charge in [-0.15, -0.1) is 0 Å². The Labute approximate surface area is 162 Å². The Bertz CT molecular complexity index is 1150. The summed E-state index contributed by atoms with van der Waals surface area (Å²) in [7, 11) is 0. The molecule has 0 aliphatic carbocycles. The molecule has 4 rings (SSSR count). The van der Waals surface area contributed by atoms with Crippen LogP contribution in [0.5, 0.6) is 0 Å². The molecule has 4 aromatic rings. The van der Waals surface area contributed by atoms with E-state index in [0.717, 1.165) is 11.1 Å². The van der Waals surface area contributed by atoms with Gasteiger partial charge in [0.05, 0.1) is 18.3 Å². The third-order valence-electron chi connectivity index (χ3n) is 4.43. The van der Waals surface area contributed by atoms with Crippen molar-refractivity contribution in [3.8, 4) is 0 Å². The van der Waals surface area contributed by atoms with Gasteiger partial charge in [-0.2, -0.15) is 15.2 Å². The van der Waals surface area contributed by atoms with E-state index in [0.29, 0.717) is 30.1 Å². The highest BCUT2D eigenvalue weighted by atomic mass is 16.1. The first-order valence-electron chi connectivity index (χ1n) is 9.18. The molecule has 0 radical (unpaired) electrons. The number of rotatable bonds is 5. The van der Waals surface area contributed by atoms with E-state index in [9.17, 15) is 4.79 Å². The molecule has 3 aromatic heterocycles. The third kappa shape index (κ3) is 3.66. The van der Waals surface area contributed by atoms with Crippen LogP contribution < -0.4 is 10.9 Å². The van der Waals surface area contributed by atoms with E-state index in [4.69, 9.17) is 0 Å². The summed E-state index contributed by atoms with van der Waals surface area (Å²) in [5.74, 6) is 0.431. The van der Waals surface area contributed by atoms with Crippen molar-refractivity contribution in [3.63, 3.8) is 0 Å². The zero-order valence-corrected chi connectivity index (χ0v) is 16.2. The zero-order chi connectivity index (χ0) is 19.7. The first-order chi connectivity index (χ1) is 13.4. The second-order valence-corrected chi connectivity index (χ2v) is 7.76. The summed E-state index contributed by atoms with van der Waals surface area (Å²) in [6, 6.07) is 10.1. The average molecular weight is 377 g/mol. The molecule has 0 fully saturated rings. The van der Waals surface area contributed by atoms with Crippen molar-refractivity contribution < 1.29 is 0 Å². The van der Waals surface area contributed by atoms with Gasteiger partial charge >= 0.3 is 0 Å². The van der Waals surface area contributed by atoms with Crippen LogP contribution in [0, 0.1) is 0 Å². The van der Waals surface area contributed by atoms with Crippen molar-refractivity contribution in [1.29, 1.82) is 0 Å². The fraction of sp³-hybridized carbons (Fsp3) is 0.300. The molecule has 0 aliphatic rings. The third-order valence-corrected chi connectivity index (χ3v) is 4.43. The Morgan fingerprint density at radius 1 is 1.14 bits per heavy atom. The number of benzene rings is 1. The maximum Gasteiger partial charge on any atom is 0.263 e. The van der Waals surface area contributed by atoms with E-state index >= 15 is 0 Å². The number of fused-ring (bicyclic) bond motifs is 1. The molecule has 8 nitrogen and oxygen atoms in total. The summed E-state index contributed by atoms with van der Waals surface area (Å²) in [6.45, 7) is 7.35. The van der Waals surface area contributed by atoms with Crippen LogP contribution in [0.3, 0.4) is 0 Å². The molecule has 144 valence electrons. The predicted octanol–water partition coefficient (Wildman–Crippen LogP) is 2.73. The number of aromatic amines is 1. The van der Waals surface area contributed by atoms with Gasteiger partial charge in [-0.25, -0.2) is 4.68 Å². The first-order valence-corrected chi connectivity index (χ1v) is 9.18. The van der Waals surface area contributed by atoms with Gasteiger partial charge in [0.25, 0.3) is 5.56 Å². The van der Waals surface area contributed by atoms with Crippen LogP contribution >= 0.6 is 0 Å². The van der Waals surface area contributed by atoms with Crippen LogP contribution in [0.2, 0.25) is 0 Å². The summed E-state index contributed by atoms with van der Waals surface area (Å²) >= 11 is 0. The van der Waals surface area contributed by atoms with Gasteiger partial charge in [0.2, 0.25) is 5.95 Å². The lowest BCUT2D eigenvalue weighted by atomic mass is 10.1. The van der Waals surface area contributed by atoms with Gasteiger partial charge in [-0.1, -0.05) is 24.3 Å². The summed E-state index contributed by atoms with van der Waals surface area (Å²) in [6.07, 6.45) is 5.27.